The molecule has 0 aromatic rings. The Labute approximate surface area is 105 Å². The van der Waals surface area contributed by atoms with Crippen LogP contribution in [0.4, 0.5) is 0 Å². The zero-order valence-electron chi connectivity index (χ0n) is 11.1. The molecule has 1 aliphatic carbocycles. The summed E-state index contributed by atoms with van der Waals surface area (Å²) in [6.07, 6.45) is 2.16. The van der Waals surface area contributed by atoms with Gasteiger partial charge in [0.25, 0.3) is 0 Å². The van der Waals surface area contributed by atoms with Crippen molar-refractivity contribution in [3.8, 4) is 0 Å². The number of sulfonamides is 1. The Bertz CT molecular complexity index is 366. The smallest absolute Gasteiger partial charge is 0.214 e. The third-order valence-electron chi connectivity index (χ3n) is 4.44. The molecule has 1 aliphatic heterocycles. The van der Waals surface area contributed by atoms with Crippen LogP contribution in [0.2, 0.25) is 0 Å². The number of rotatable bonds is 4. The fraction of sp³-hybridized carbons (Fsp3) is 1.00. The Balaban J connectivity index is 2.00. The van der Waals surface area contributed by atoms with Gasteiger partial charge in [-0.15, -0.1) is 0 Å². The van der Waals surface area contributed by atoms with Crippen molar-refractivity contribution in [3.05, 3.63) is 0 Å². The van der Waals surface area contributed by atoms with E-state index in [9.17, 15) is 8.42 Å². The van der Waals surface area contributed by atoms with E-state index in [4.69, 9.17) is 0 Å². The molecular weight excluding hydrogens is 236 g/mol. The van der Waals surface area contributed by atoms with Crippen molar-refractivity contribution in [3.63, 3.8) is 0 Å². The summed E-state index contributed by atoms with van der Waals surface area (Å²) in [6.45, 7) is 7.32. The van der Waals surface area contributed by atoms with E-state index in [2.05, 4.69) is 18.7 Å². The molecule has 1 heterocycles. The standard InChI is InChI=1S/C12H24N2O2S/c1-11(2)12(4-5-12)10-17(15,16)14-8-6-13(3)7-9-14/h11H,4-10H2,1-3H3. The summed E-state index contributed by atoms with van der Waals surface area (Å²) < 4.78 is 26.4. The predicted octanol–water partition coefficient (Wildman–Crippen LogP) is 1.000. The van der Waals surface area contributed by atoms with Crippen LogP contribution in [0.15, 0.2) is 0 Å². The van der Waals surface area contributed by atoms with Gasteiger partial charge in [0.15, 0.2) is 0 Å². The Hall–Kier alpha value is -0.130. The molecule has 0 atom stereocenters. The van der Waals surface area contributed by atoms with Crippen molar-refractivity contribution in [2.45, 2.75) is 26.7 Å². The van der Waals surface area contributed by atoms with Gasteiger partial charge in [-0.25, -0.2) is 8.42 Å². The molecule has 5 heteroatoms. The number of hydrogen-bond acceptors (Lipinski definition) is 3. The topological polar surface area (TPSA) is 40.6 Å². The lowest BCUT2D eigenvalue weighted by molar-refractivity contribution is 0.220. The molecule has 0 unspecified atom stereocenters. The molecule has 1 saturated heterocycles. The van der Waals surface area contributed by atoms with E-state index in [1.807, 2.05) is 7.05 Å². The van der Waals surface area contributed by atoms with Gasteiger partial charge in [-0.05, 0) is 31.2 Å². The molecule has 17 heavy (non-hydrogen) atoms. The zero-order chi connectivity index (χ0) is 12.7. The summed E-state index contributed by atoms with van der Waals surface area (Å²) in [5.74, 6) is 0.839. The lowest BCUT2D eigenvalue weighted by Crippen LogP contribution is -2.48. The normalized spacial score (nSPS) is 26.4. The van der Waals surface area contributed by atoms with Gasteiger partial charge in [-0.3, -0.25) is 0 Å². The molecular formula is C12H24N2O2S. The molecule has 0 radical (unpaired) electrons. The lowest BCUT2D eigenvalue weighted by atomic mass is 9.95. The van der Waals surface area contributed by atoms with Crippen LogP contribution in [0.3, 0.4) is 0 Å². The second-order valence-corrected chi connectivity index (χ2v) is 7.94. The van der Waals surface area contributed by atoms with E-state index < -0.39 is 10.0 Å². The second-order valence-electron chi connectivity index (χ2n) is 5.98. The van der Waals surface area contributed by atoms with Crippen LogP contribution in [0.1, 0.15) is 26.7 Å². The quantitative estimate of drug-likeness (QED) is 0.757. The van der Waals surface area contributed by atoms with Crippen molar-refractivity contribution in [1.29, 1.82) is 0 Å². The van der Waals surface area contributed by atoms with Crippen LogP contribution < -0.4 is 0 Å². The predicted molar refractivity (Wildman–Crippen MR) is 69.4 cm³/mol. The van der Waals surface area contributed by atoms with E-state index in [0.29, 0.717) is 24.8 Å². The first kappa shape index (κ1) is 13.3. The first-order valence-electron chi connectivity index (χ1n) is 6.52. The van der Waals surface area contributed by atoms with Gasteiger partial charge in [0.05, 0.1) is 5.75 Å². The van der Waals surface area contributed by atoms with Crippen molar-refractivity contribution in [1.82, 2.24) is 9.21 Å². The molecule has 2 aliphatic rings. The average molecular weight is 260 g/mol. The molecule has 100 valence electrons. The van der Waals surface area contributed by atoms with Gasteiger partial charge < -0.3 is 4.90 Å². The molecule has 0 bridgehead atoms. The van der Waals surface area contributed by atoms with Gasteiger partial charge >= 0.3 is 0 Å². The van der Waals surface area contributed by atoms with Crippen LogP contribution in [-0.4, -0.2) is 56.6 Å². The molecule has 0 spiro atoms. The second kappa shape index (κ2) is 4.52. The summed E-state index contributed by atoms with van der Waals surface area (Å²) >= 11 is 0. The first-order chi connectivity index (χ1) is 7.86. The summed E-state index contributed by atoms with van der Waals surface area (Å²) in [6, 6.07) is 0. The highest BCUT2D eigenvalue weighted by Gasteiger charge is 2.49. The Morgan fingerprint density at radius 3 is 2.06 bits per heavy atom. The molecule has 0 aromatic carbocycles. The van der Waals surface area contributed by atoms with Crippen LogP contribution in [0.25, 0.3) is 0 Å². The fourth-order valence-corrected chi connectivity index (χ4v) is 4.82. The summed E-state index contributed by atoms with van der Waals surface area (Å²) in [4.78, 5) is 2.18. The number of hydrogen-bond donors (Lipinski definition) is 0. The maximum absolute atomic E-state index is 12.4. The minimum atomic E-state index is -3.04. The van der Waals surface area contributed by atoms with E-state index in [1.165, 1.54) is 0 Å². The monoisotopic (exact) mass is 260 g/mol. The summed E-state index contributed by atoms with van der Waals surface area (Å²) in [7, 11) is -0.998. The SMILES string of the molecule is CC(C)C1(CS(=O)(=O)N2CCN(C)CC2)CC1. The van der Waals surface area contributed by atoms with Crippen molar-refractivity contribution in [2.75, 3.05) is 39.0 Å². The highest BCUT2D eigenvalue weighted by molar-refractivity contribution is 7.89. The van der Waals surface area contributed by atoms with Gasteiger partial charge in [0.2, 0.25) is 10.0 Å². The highest BCUT2D eigenvalue weighted by atomic mass is 32.2. The summed E-state index contributed by atoms with van der Waals surface area (Å²) in [5.41, 5.74) is 0.0855. The molecule has 2 fully saturated rings. The molecule has 0 N–H and O–H groups in total. The molecule has 0 aromatic heterocycles. The summed E-state index contributed by atoms with van der Waals surface area (Å²) in [5, 5.41) is 0. The van der Waals surface area contributed by atoms with Crippen LogP contribution >= 0.6 is 0 Å². The maximum atomic E-state index is 12.4. The van der Waals surface area contributed by atoms with Gasteiger partial charge in [0, 0.05) is 26.2 Å². The van der Waals surface area contributed by atoms with E-state index >= 15 is 0 Å². The number of likely N-dealkylation sites (N-methyl/N-ethyl adjacent to an activating group) is 1. The zero-order valence-corrected chi connectivity index (χ0v) is 12.0. The minimum Gasteiger partial charge on any atom is -0.304 e. The van der Waals surface area contributed by atoms with E-state index in [-0.39, 0.29) is 5.41 Å². The van der Waals surface area contributed by atoms with Crippen molar-refractivity contribution < 1.29 is 8.42 Å². The Morgan fingerprint density at radius 1 is 1.12 bits per heavy atom. The minimum absolute atomic E-state index is 0.0855. The molecule has 4 nitrogen and oxygen atoms in total. The number of nitrogens with zero attached hydrogens (tertiary/aromatic N) is 2. The third-order valence-corrected chi connectivity index (χ3v) is 6.53. The van der Waals surface area contributed by atoms with Crippen molar-refractivity contribution >= 4 is 10.0 Å². The van der Waals surface area contributed by atoms with Crippen LogP contribution in [0, 0.1) is 11.3 Å². The van der Waals surface area contributed by atoms with Gasteiger partial charge in [0.1, 0.15) is 0 Å². The fourth-order valence-electron chi connectivity index (χ4n) is 2.57. The van der Waals surface area contributed by atoms with Crippen LogP contribution in [0.5, 0.6) is 0 Å². The average Bonchev–Trinajstić information content (AvgIpc) is 2.99. The first-order valence-corrected chi connectivity index (χ1v) is 8.13. The largest absolute Gasteiger partial charge is 0.304 e. The Kier molecular flexibility index (Phi) is 3.54. The lowest BCUT2D eigenvalue weighted by Gasteiger charge is -2.33. The highest BCUT2D eigenvalue weighted by Crippen LogP contribution is 2.53. The van der Waals surface area contributed by atoms with Crippen LogP contribution in [-0.2, 0) is 10.0 Å². The maximum Gasteiger partial charge on any atom is 0.214 e. The number of piperazine rings is 1. The van der Waals surface area contributed by atoms with Gasteiger partial charge in [-0.1, -0.05) is 13.8 Å². The van der Waals surface area contributed by atoms with E-state index in [0.717, 1.165) is 25.9 Å². The van der Waals surface area contributed by atoms with Gasteiger partial charge in [-0.2, -0.15) is 4.31 Å². The molecule has 0 amide bonds. The van der Waals surface area contributed by atoms with E-state index in [1.54, 1.807) is 4.31 Å². The van der Waals surface area contributed by atoms with Crippen molar-refractivity contribution in [2.24, 2.45) is 11.3 Å². The molecule has 2 rings (SSSR count). The third kappa shape index (κ3) is 2.83. The Morgan fingerprint density at radius 2 is 1.65 bits per heavy atom. The molecule has 1 saturated carbocycles.